The van der Waals surface area contributed by atoms with Crippen LogP contribution in [0, 0.1) is 0 Å². The van der Waals surface area contributed by atoms with Crippen LogP contribution in [0.2, 0.25) is 5.02 Å². The molecule has 0 spiro atoms. The fourth-order valence-corrected chi connectivity index (χ4v) is 5.03. The van der Waals surface area contributed by atoms with Gasteiger partial charge >= 0.3 is 0 Å². The molecule has 0 saturated carbocycles. The third-order valence-electron chi connectivity index (χ3n) is 4.36. The lowest BCUT2D eigenvalue weighted by Gasteiger charge is -2.28. The van der Waals surface area contributed by atoms with Gasteiger partial charge in [-0.25, -0.2) is 13.4 Å². The summed E-state index contributed by atoms with van der Waals surface area (Å²) in [4.78, 5) is 18.2. The Morgan fingerprint density at radius 3 is 2.77 bits per heavy atom. The predicted octanol–water partition coefficient (Wildman–Crippen LogP) is 4.18. The number of thiazole rings is 1. The minimum absolute atomic E-state index is 0.0203. The molecule has 0 bridgehead atoms. The Morgan fingerprint density at radius 2 is 2.03 bits per heavy atom. The predicted molar refractivity (Wildman–Crippen MR) is 118 cm³/mol. The van der Waals surface area contributed by atoms with Crippen LogP contribution in [0.25, 0.3) is 11.3 Å². The molecule has 3 aromatic rings. The fraction of sp³-hybridized carbons (Fsp3) is 0.100. The van der Waals surface area contributed by atoms with Crippen LogP contribution < -0.4 is 14.4 Å². The zero-order chi connectivity index (χ0) is 21.3. The third-order valence-corrected chi connectivity index (χ3v) is 6.85. The van der Waals surface area contributed by atoms with E-state index in [1.54, 1.807) is 28.5 Å². The molecule has 2 heterocycles. The van der Waals surface area contributed by atoms with Crippen LogP contribution >= 0.6 is 22.9 Å². The highest BCUT2D eigenvalue weighted by atomic mass is 35.5. The normalized spacial score (nSPS) is 13.5. The Kier molecular flexibility index (Phi) is 5.50. The number of hydrogen-bond donors (Lipinski definition) is 1. The first-order valence-electron chi connectivity index (χ1n) is 8.80. The number of carbonyl (C=O) groups excluding carboxylic acids is 1. The van der Waals surface area contributed by atoms with Crippen molar-refractivity contribution in [2.45, 2.75) is 4.90 Å². The number of anilines is 2. The van der Waals surface area contributed by atoms with Gasteiger partial charge in [0.15, 0.2) is 11.7 Å². The molecule has 1 N–H and O–H groups in total. The van der Waals surface area contributed by atoms with Gasteiger partial charge in [0.2, 0.25) is 0 Å². The van der Waals surface area contributed by atoms with Gasteiger partial charge in [0.1, 0.15) is 5.75 Å². The number of fused-ring (bicyclic) bond motifs is 1. The summed E-state index contributed by atoms with van der Waals surface area (Å²) in [5.74, 6) is 0.438. The molecule has 10 heteroatoms. The van der Waals surface area contributed by atoms with E-state index in [1.807, 2.05) is 6.07 Å². The third kappa shape index (κ3) is 4.04. The molecule has 7 nitrogen and oxygen atoms in total. The number of benzene rings is 2. The van der Waals surface area contributed by atoms with E-state index in [-0.39, 0.29) is 22.5 Å². The molecule has 0 atom stereocenters. The Hall–Kier alpha value is -2.88. The van der Waals surface area contributed by atoms with E-state index >= 15 is 0 Å². The number of ether oxygens (including phenoxy) is 1. The standard InChI is InChI=1S/C20H16ClN3O4S2/c1-2-9-24-17-10-13(3-8-18(17)28-11-19(24)25)16-12-29-20(22-16)23-30(26,27)15-6-4-14(21)5-7-15/h2-8,10,12H,1,9,11H2,(H,22,23). The number of nitrogens with one attached hydrogen (secondary N) is 1. The van der Waals surface area contributed by atoms with Gasteiger partial charge in [-0.2, -0.15) is 0 Å². The van der Waals surface area contributed by atoms with E-state index in [4.69, 9.17) is 16.3 Å². The summed E-state index contributed by atoms with van der Waals surface area (Å²) >= 11 is 6.98. The second kappa shape index (κ2) is 8.10. The van der Waals surface area contributed by atoms with Gasteiger partial charge < -0.3 is 9.64 Å². The van der Waals surface area contributed by atoms with Gasteiger partial charge in [-0.15, -0.1) is 17.9 Å². The van der Waals surface area contributed by atoms with E-state index < -0.39 is 10.0 Å². The monoisotopic (exact) mass is 461 g/mol. The molecule has 0 fully saturated rings. The Labute approximate surface area is 182 Å². The van der Waals surface area contributed by atoms with Gasteiger partial charge in [-0.1, -0.05) is 17.7 Å². The number of hydrogen-bond acceptors (Lipinski definition) is 6. The first-order chi connectivity index (χ1) is 14.4. The number of halogens is 1. The van der Waals surface area contributed by atoms with E-state index in [9.17, 15) is 13.2 Å². The molecule has 1 aliphatic heterocycles. The van der Waals surface area contributed by atoms with Crippen LogP contribution in [-0.2, 0) is 14.8 Å². The van der Waals surface area contributed by atoms with Crippen molar-refractivity contribution >= 4 is 49.7 Å². The van der Waals surface area contributed by atoms with E-state index in [0.29, 0.717) is 28.7 Å². The largest absolute Gasteiger partial charge is 0.482 e. The van der Waals surface area contributed by atoms with Gasteiger partial charge in [-0.05, 0) is 42.5 Å². The molecule has 1 aromatic heterocycles. The van der Waals surface area contributed by atoms with Gasteiger partial charge in [0.05, 0.1) is 16.3 Å². The number of nitrogens with zero attached hydrogens (tertiary/aromatic N) is 2. The first kappa shape index (κ1) is 20.4. The van der Waals surface area contributed by atoms with Crippen molar-refractivity contribution in [2.75, 3.05) is 22.8 Å². The summed E-state index contributed by atoms with van der Waals surface area (Å²) in [6.45, 7) is 4.03. The average Bonchev–Trinajstić information content (AvgIpc) is 3.18. The number of amides is 1. The lowest BCUT2D eigenvalue weighted by Crippen LogP contribution is -2.38. The number of rotatable bonds is 6. The summed E-state index contributed by atoms with van der Waals surface area (Å²) in [5.41, 5.74) is 1.93. The van der Waals surface area contributed by atoms with Crippen LogP contribution in [0.15, 0.2) is 65.4 Å². The number of sulfonamides is 1. The lowest BCUT2D eigenvalue weighted by molar-refractivity contribution is -0.121. The highest BCUT2D eigenvalue weighted by Crippen LogP contribution is 2.37. The molecule has 0 saturated heterocycles. The van der Waals surface area contributed by atoms with Crippen molar-refractivity contribution in [3.63, 3.8) is 0 Å². The minimum atomic E-state index is -3.78. The van der Waals surface area contributed by atoms with E-state index in [2.05, 4.69) is 16.3 Å². The molecule has 154 valence electrons. The maximum Gasteiger partial charge on any atom is 0.265 e. The molecular weight excluding hydrogens is 446 g/mol. The van der Waals surface area contributed by atoms with Crippen molar-refractivity contribution in [3.8, 4) is 17.0 Å². The molecule has 1 amide bonds. The summed E-state index contributed by atoms with van der Waals surface area (Å²) in [6.07, 6.45) is 1.65. The Bertz CT molecular complexity index is 1220. The second-order valence-corrected chi connectivity index (χ2v) is 9.34. The van der Waals surface area contributed by atoms with Crippen molar-refractivity contribution in [1.29, 1.82) is 0 Å². The topological polar surface area (TPSA) is 88.6 Å². The maximum absolute atomic E-state index is 12.5. The lowest BCUT2D eigenvalue weighted by atomic mass is 10.1. The molecule has 0 aliphatic carbocycles. The van der Waals surface area contributed by atoms with Gasteiger partial charge in [0, 0.05) is 22.5 Å². The van der Waals surface area contributed by atoms with Crippen molar-refractivity contribution in [3.05, 3.63) is 65.5 Å². The van der Waals surface area contributed by atoms with Gasteiger partial charge in [-0.3, -0.25) is 9.52 Å². The van der Waals surface area contributed by atoms with E-state index in [1.165, 1.54) is 24.3 Å². The van der Waals surface area contributed by atoms with Crippen LogP contribution in [0.4, 0.5) is 10.8 Å². The quantitative estimate of drug-likeness (QED) is 0.556. The molecule has 4 rings (SSSR count). The summed E-state index contributed by atoms with van der Waals surface area (Å²) in [5, 5.41) is 2.42. The Morgan fingerprint density at radius 1 is 1.27 bits per heavy atom. The number of aromatic nitrogens is 1. The summed E-state index contributed by atoms with van der Waals surface area (Å²) < 4.78 is 33.1. The van der Waals surface area contributed by atoms with Crippen LogP contribution in [0.1, 0.15) is 0 Å². The fourth-order valence-electron chi connectivity index (χ4n) is 2.93. The van der Waals surface area contributed by atoms with Crippen molar-refractivity contribution in [2.24, 2.45) is 0 Å². The zero-order valence-electron chi connectivity index (χ0n) is 15.5. The molecule has 30 heavy (non-hydrogen) atoms. The molecule has 0 radical (unpaired) electrons. The Balaban J connectivity index is 1.61. The highest BCUT2D eigenvalue weighted by molar-refractivity contribution is 7.93. The summed E-state index contributed by atoms with van der Waals surface area (Å²) in [7, 11) is -3.78. The van der Waals surface area contributed by atoms with Gasteiger partial charge in [0.25, 0.3) is 15.9 Å². The van der Waals surface area contributed by atoms with Crippen LogP contribution in [0.5, 0.6) is 5.75 Å². The maximum atomic E-state index is 12.5. The second-order valence-electron chi connectivity index (χ2n) is 6.36. The van der Waals surface area contributed by atoms with E-state index in [0.717, 1.165) is 16.9 Å². The van der Waals surface area contributed by atoms with Crippen LogP contribution in [-0.4, -0.2) is 32.5 Å². The molecular formula is C20H16ClN3O4S2. The molecule has 1 aliphatic rings. The number of carbonyl (C=O) groups is 1. The average molecular weight is 462 g/mol. The first-order valence-corrected chi connectivity index (χ1v) is 11.5. The SMILES string of the molecule is C=CCN1C(=O)COc2ccc(-c3csc(NS(=O)(=O)c4ccc(Cl)cc4)n3)cc21. The zero-order valence-corrected chi connectivity index (χ0v) is 17.9. The van der Waals surface area contributed by atoms with Crippen molar-refractivity contribution in [1.82, 2.24) is 4.98 Å². The van der Waals surface area contributed by atoms with Crippen molar-refractivity contribution < 1.29 is 17.9 Å². The smallest absolute Gasteiger partial charge is 0.265 e. The van der Waals surface area contributed by atoms with Crippen LogP contribution in [0.3, 0.4) is 0 Å². The molecule has 2 aromatic carbocycles. The minimum Gasteiger partial charge on any atom is -0.482 e. The molecule has 0 unspecified atom stereocenters. The summed E-state index contributed by atoms with van der Waals surface area (Å²) in [6, 6.07) is 11.2. The highest BCUT2D eigenvalue weighted by Gasteiger charge is 2.25.